The van der Waals surface area contributed by atoms with E-state index in [0.717, 1.165) is 5.39 Å². The lowest BCUT2D eigenvalue weighted by atomic mass is 9.82. The van der Waals surface area contributed by atoms with Gasteiger partial charge in [0, 0.05) is 31.6 Å². The van der Waals surface area contributed by atoms with Crippen LogP contribution in [0.4, 0.5) is 42.9 Å². The predicted molar refractivity (Wildman–Crippen MR) is 168 cm³/mol. The van der Waals surface area contributed by atoms with Crippen LogP contribution in [0.3, 0.4) is 0 Å². The van der Waals surface area contributed by atoms with Crippen LogP contribution >= 0.6 is 0 Å². The Kier molecular flexibility index (Phi) is 11.3. The number of sulfonamides is 1. The van der Waals surface area contributed by atoms with E-state index in [9.17, 15) is 39.6 Å². The highest BCUT2D eigenvalue weighted by Crippen LogP contribution is 2.37. The lowest BCUT2D eigenvalue weighted by Crippen LogP contribution is -2.35. The van der Waals surface area contributed by atoms with Crippen LogP contribution < -0.4 is 20.7 Å². The van der Waals surface area contributed by atoms with Crippen LogP contribution in [0.15, 0.2) is 47.4 Å². The molecule has 1 aliphatic carbocycles. The van der Waals surface area contributed by atoms with Gasteiger partial charge in [-0.3, -0.25) is 0 Å². The fourth-order valence-electron chi connectivity index (χ4n) is 5.22. The zero-order valence-electron chi connectivity index (χ0n) is 26.6. The molecule has 264 valence electrons. The molecule has 4 N–H and O–H groups in total. The lowest BCUT2D eigenvalue weighted by molar-refractivity contribution is -0.143. The molecule has 0 unspecified atom stereocenters. The maximum absolute atomic E-state index is 13.2. The summed E-state index contributed by atoms with van der Waals surface area (Å²) in [6.07, 6.45) is -8.24. The van der Waals surface area contributed by atoms with Crippen LogP contribution in [0.1, 0.15) is 57.6 Å². The molecule has 1 fully saturated rings. The van der Waals surface area contributed by atoms with Gasteiger partial charge in [0.2, 0.25) is 16.0 Å². The van der Waals surface area contributed by atoms with E-state index in [4.69, 9.17) is 4.74 Å². The number of carbonyl (C=O) groups excluding carboxylic acids is 1. The number of carbonyl (C=O) groups is 1. The van der Waals surface area contributed by atoms with E-state index in [-0.39, 0.29) is 36.6 Å². The van der Waals surface area contributed by atoms with Gasteiger partial charge in [-0.1, -0.05) is 12.1 Å². The van der Waals surface area contributed by atoms with Crippen molar-refractivity contribution in [1.29, 1.82) is 0 Å². The topological polar surface area (TPSA) is 134 Å². The first-order valence-corrected chi connectivity index (χ1v) is 16.8. The van der Waals surface area contributed by atoms with Gasteiger partial charge in [-0.2, -0.15) is 31.3 Å². The minimum Gasteiger partial charge on any atom is -0.444 e. The van der Waals surface area contributed by atoms with Crippen molar-refractivity contribution in [3.05, 3.63) is 53.6 Å². The van der Waals surface area contributed by atoms with Crippen LogP contribution in [0.5, 0.6) is 0 Å². The highest BCUT2D eigenvalue weighted by atomic mass is 32.2. The third-order valence-electron chi connectivity index (χ3n) is 7.64. The van der Waals surface area contributed by atoms with Crippen molar-refractivity contribution in [3.63, 3.8) is 0 Å². The summed E-state index contributed by atoms with van der Waals surface area (Å²) in [7, 11) is -4.64. The van der Waals surface area contributed by atoms with E-state index in [1.165, 1.54) is 0 Å². The molecule has 17 heteroatoms. The first-order valence-electron chi connectivity index (χ1n) is 15.3. The number of nitrogens with one attached hydrogen (secondary N) is 4. The summed E-state index contributed by atoms with van der Waals surface area (Å²) in [4.78, 5) is 20.0. The lowest BCUT2D eigenvalue weighted by Gasteiger charge is -2.28. The number of fused-ring (bicyclic) bond motifs is 1. The van der Waals surface area contributed by atoms with E-state index in [1.807, 2.05) is 24.3 Å². The summed E-state index contributed by atoms with van der Waals surface area (Å²) in [5.74, 6) is 1.02. The number of hydrogen-bond acceptors (Lipinski definition) is 8. The van der Waals surface area contributed by atoms with Crippen molar-refractivity contribution >= 4 is 38.8 Å². The minimum absolute atomic E-state index is 0.110. The Labute approximate surface area is 274 Å². The third kappa shape index (κ3) is 10.6. The van der Waals surface area contributed by atoms with Gasteiger partial charge in [-0.15, -0.1) is 0 Å². The number of alkyl halides is 6. The molecule has 1 aromatic heterocycles. The second-order valence-corrected chi connectivity index (χ2v) is 14.4. The Bertz CT molecular complexity index is 1660. The van der Waals surface area contributed by atoms with Gasteiger partial charge in [-0.05, 0) is 88.6 Å². The molecule has 10 nitrogen and oxygen atoms in total. The number of benzene rings is 2. The number of halogens is 6. The largest absolute Gasteiger partial charge is 0.444 e. The predicted octanol–water partition coefficient (Wildman–Crippen LogP) is 6.80. The standard InChI is InChI=1S/C31H38F6N6O4S/c1-29(2,3)47-28(44)39-13-12-38-26-24-6-4-5-7-25(24)42-27(43-26)40-17-19-8-10-20(11-9-19)18-41-48(45,46)23-15-21(30(32,33)34)14-22(16-23)31(35,36)37/h4-7,14-16,19-20,41H,8-13,17-18H2,1-3H3,(H,39,44)(H2,38,40,42,43)/t19-,20-. The van der Waals surface area contributed by atoms with Crippen molar-refractivity contribution in [3.8, 4) is 0 Å². The number of amides is 1. The smallest absolute Gasteiger partial charge is 0.416 e. The Morgan fingerprint density at radius 3 is 2.00 bits per heavy atom. The minimum atomic E-state index is -5.16. The fraction of sp³-hybridized carbons (Fsp3) is 0.516. The summed E-state index contributed by atoms with van der Waals surface area (Å²) in [5.41, 5.74) is -3.30. The second-order valence-electron chi connectivity index (χ2n) is 12.6. The van der Waals surface area contributed by atoms with Crippen LogP contribution in [-0.2, 0) is 27.1 Å². The molecule has 1 aliphatic rings. The summed E-state index contributed by atoms with van der Waals surface area (Å²) >= 11 is 0. The highest BCUT2D eigenvalue weighted by Gasteiger charge is 2.38. The Hall–Kier alpha value is -3.86. The molecule has 48 heavy (non-hydrogen) atoms. The van der Waals surface area contributed by atoms with Crippen molar-refractivity contribution < 1.29 is 44.3 Å². The number of rotatable bonds is 11. The summed E-state index contributed by atoms with van der Waals surface area (Å²) in [6.45, 7) is 6.41. The number of ether oxygens (including phenoxy) is 1. The van der Waals surface area contributed by atoms with Crippen molar-refractivity contribution in [2.24, 2.45) is 11.8 Å². The zero-order valence-corrected chi connectivity index (χ0v) is 27.4. The first-order chi connectivity index (χ1) is 22.3. The molecule has 0 spiro atoms. The quantitative estimate of drug-likeness (QED) is 0.127. The van der Waals surface area contributed by atoms with Gasteiger partial charge in [-0.25, -0.2) is 22.9 Å². The maximum Gasteiger partial charge on any atom is 0.416 e. The molecule has 4 rings (SSSR count). The molecule has 1 saturated carbocycles. The van der Waals surface area contributed by atoms with Gasteiger partial charge < -0.3 is 20.7 Å². The summed E-state index contributed by atoms with van der Waals surface area (Å²) < 4.78 is 112. The molecule has 0 aliphatic heterocycles. The molecular weight excluding hydrogens is 666 g/mol. The molecule has 3 aromatic rings. The highest BCUT2D eigenvalue weighted by molar-refractivity contribution is 7.89. The molecule has 0 bridgehead atoms. The molecular formula is C31H38F6N6O4S. The number of aromatic nitrogens is 2. The van der Waals surface area contributed by atoms with Crippen molar-refractivity contribution in [1.82, 2.24) is 20.0 Å². The van der Waals surface area contributed by atoms with Crippen LogP contribution in [-0.4, -0.2) is 56.3 Å². The normalized spacial score (nSPS) is 17.6. The number of para-hydroxylation sites is 1. The number of anilines is 2. The van der Waals surface area contributed by atoms with E-state index in [2.05, 4.69) is 30.6 Å². The van der Waals surface area contributed by atoms with Crippen molar-refractivity contribution in [2.45, 2.75) is 69.3 Å². The molecule has 1 heterocycles. The first kappa shape index (κ1) is 37.0. The van der Waals surface area contributed by atoms with Crippen LogP contribution in [0.25, 0.3) is 10.9 Å². The van der Waals surface area contributed by atoms with E-state index in [0.29, 0.717) is 62.6 Å². The maximum atomic E-state index is 13.2. The van der Waals surface area contributed by atoms with Gasteiger partial charge in [0.25, 0.3) is 0 Å². The number of alkyl carbamates (subject to hydrolysis) is 1. The SMILES string of the molecule is CC(C)(C)OC(=O)NCCNc1nc(NC[C@H]2CC[C@H](CNS(=O)(=O)c3cc(C(F)(F)F)cc(C(F)(F)F)c3)CC2)nc2ccccc12. The van der Waals surface area contributed by atoms with Crippen LogP contribution in [0.2, 0.25) is 0 Å². The molecule has 2 aromatic carbocycles. The van der Waals surface area contributed by atoms with Gasteiger partial charge >= 0.3 is 18.4 Å². The van der Waals surface area contributed by atoms with Gasteiger partial charge in [0.05, 0.1) is 21.5 Å². The molecule has 0 radical (unpaired) electrons. The summed E-state index contributed by atoms with van der Waals surface area (Å²) in [5, 5.41) is 9.96. The Morgan fingerprint density at radius 2 is 1.42 bits per heavy atom. The van der Waals surface area contributed by atoms with Crippen LogP contribution in [0, 0.1) is 11.8 Å². The molecule has 0 atom stereocenters. The average molecular weight is 705 g/mol. The average Bonchev–Trinajstić information content (AvgIpc) is 2.99. The van der Waals surface area contributed by atoms with E-state index in [1.54, 1.807) is 20.8 Å². The van der Waals surface area contributed by atoms with Gasteiger partial charge in [0.1, 0.15) is 11.4 Å². The van der Waals surface area contributed by atoms with Crippen molar-refractivity contribution in [2.75, 3.05) is 36.8 Å². The Balaban J connectivity index is 1.30. The monoisotopic (exact) mass is 704 g/mol. The zero-order chi connectivity index (χ0) is 35.3. The number of hydrogen-bond donors (Lipinski definition) is 4. The number of nitrogens with zero attached hydrogens (tertiary/aromatic N) is 2. The van der Waals surface area contributed by atoms with E-state index >= 15 is 0 Å². The Morgan fingerprint density at radius 1 is 0.833 bits per heavy atom. The van der Waals surface area contributed by atoms with Gasteiger partial charge in [0.15, 0.2) is 0 Å². The molecule has 1 amide bonds. The summed E-state index contributed by atoms with van der Waals surface area (Å²) in [6, 6.07) is 7.74. The van der Waals surface area contributed by atoms with E-state index < -0.39 is 50.1 Å². The fourth-order valence-corrected chi connectivity index (χ4v) is 6.40. The second kappa shape index (κ2) is 14.7. The third-order valence-corrected chi connectivity index (χ3v) is 9.04. The molecule has 0 saturated heterocycles.